The number of nitro benzene ring substituents is 1. The molecule has 0 aliphatic carbocycles. The molecule has 0 atom stereocenters. The molecule has 0 radical (unpaired) electrons. The predicted molar refractivity (Wildman–Crippen MR) is 101 cm³/mol. The number of ether oxygens (including phenoxy) is 1. The van der Waals surface area contributed by atoms with Gasteiger partial charge in [-0.1, -0.05) is 11.6 Å². The number of nitrogens with zero attached hydrogens (tertiary/aromatic N) is 1. The highest BCUT2D eigenvalue weighted by Crippen LogP contribution is 2.26. The van der Waals surface area contributed by atoms with E-state index >= 15 is 0 Å². The summed E-state index contributed by atoms with van der Waals surface area (Å²) in [6.45, 7) is 3.29. The summed E-state index contributed by atoms with van der Waals surface area (Å²) < 4.78 is 5.59. The van der Waals surface area contributed by atoms with Crippen molar-refractivity contribution in [2.45, 2.75) is 13.8 Å². The van der Waals surface area contributed by atoms with Crippen LogP contribution in [0.1, 0.15) is 21.5 Å². The zero-order valence-electron chi connectivity index (χ0n) is 13.8. The maximum absolute atomic E-state index is 12.0. The summed E-state index contributed by atoms with van der Waals surface area (Å²) in [5, 5.41) is 13.4. The lowest BCUT2D eigenvalue weighted by Crippen LogP contribution is -2.21. The molecule has 0 unspecified atom stereocenters. The number of nitrogens with one attached hydrogen (secondary N) is 1. The van der Waals surface area contributed by atoms with Crippen LogP contribution in [0.15, 0.2) is 34.8 Å². The van der Waals surface area contributed by atoms with Crippen molar-refractivity contribution in [3.8, 4) is 0 Å². The second-order valence-electron chi connectivity index (χ2n) is 5.46. The third-order valence-electron chi connectivity index (χ3n) is 3.57. The van der Waals surface area contributed by atoms with Gasteiger partial charge in [0.2, 0.25) is 0 Å². The van der Waals surface area contributed by atoms with E-state index in [0.717, 1.165) is 17.2 Å². The van der Waals surface area contributed by atoms with Crippen molar-refractivity contribution in [3.05, 3.63) is 66.6 Å². The molecule has 26 heavy (non-hydrogen) atoms. The molecule has 9 heteroatoms. The lowest BCUT2D eigenvalue weighted by Gasteiger charge is -2.11. The van der Waals surface area contributed by atoms with Gasteiger partial charge in [0, 0.05) is 16.6 Å². The molecular weight excluding hydrogens is 428 g/mol. The summed E-state index contributed by atoms with van der Waals surface area (Å²) in [7, 11) is 0. The number of nitro groups is 1. The predicted octanol–water partition coefficient (Wildman–Crippen LogP) is 4.42. The number of hydrogen-bond acceptors (Lipinski definition) is 5. The second-order valence-corrected chi connectivity index (χ2v) is 6.72. The lowest BCUT2D eigenvalue weighted by atomic mass is 10.1. The number of halogens is 2. The van der Waals surface area contributed by atoms with Gasteiger partial charge in [0.25, 0.3) is 11.6 Å². The Bertz CT molecular complexity index is 901. The van der Waals surface area contributed by atoms with E-state index in [1.54, 1.807) is 6.07 Å². The average Bonchev–Trinajstić information content (AvgIpc) is 2.57. The molecule has 136 valence electrons. The van der Waals surface area contributed by atoms with E-state index in [2.05, 4.69) is 21.2 Å². The van der Waals surface area contributed by atoms with Crippen molar-refractivity contribution in [1.29, 1.82) is 0 Å². The standard InChI is InChI=1S/C17H14BrClN2O5/c1-9-5-13(18)15(6-10(9)2)20-16(22)8-26-17(23)12-7-11(21(24)25)3-4-14(12)19/h3-7H,8H2,1-2H3,(H,20,22). The van der Waals surface area contributed by atoms with Crippen LogP contribution in [0, 0.1) is 24.0 Å². The van der Waals surface area contributed by atoms with E-state index in [0.29, 0.717) is 10.2 Å². The molecule has 0 heterocycles. The minimum Gasteiger partial charge on any atom is -0.452 e. The Morgan fingerprint density at radius 1 is 1.23 bits per heavy atom. The number of benzene rings is 2. The Hall–Kier alpha value is -2.45. The van der Waals surface area contributed by atoms with Gasteiger partial charge in [0.05, 0.1) is 21.2 Å². The smallest absolute Gasteiger partial charge is 0.340 e. The SMILES string of the molecule is Cc1cc(Br)c(NC(=O)COC(=O)c2cc([N+](=O)[O-])ccc2Cl)cc1C. The summed E-state index contributed by atoms with van der Waals surface area (Å²) >= 11 is 9.22. The van der Waals surface area contributed by atoms with Crippen molar-refractivity contribution in [1.82, 2.24) is 0 Å². The average molecular weight is 442 g/mol. The third-order valence-corrected chi connectivity index (χ3v) is 4.56. The first-order chi connectivity index (χ1) is 12.2. The summed E-state index contributed by atoms with van der Waals surface area (Å²) in [6, 6.07) is 7.05. The molecule has 0 saturated carbocycles. The number of aryl methyl sites for hydroxylation is 2. The molecule has 0 aromatic heterocycles. The highest BCUT2D eigenvalue weighted by atomic mass is 79.9. The molecule has 0 saturated heterocycles. The van der Waals surface area contributed by atoms with E-state index < -0.39 is 23.4 Å². The number of anilines is 1. The number of esters is 1. The fourth-order valence-electron chi connectivity index (χ4n) is 2.06. The number of carbonyl (C=O) groups is 2. The van der Waals surface area contributed by atoms with E-state index in [4.69, 9.17) is 16.3 Å². The summed E-state index contributed by atoms with van der Waals surface area (Å²) in [6.07, 6.45) is 0. The Kier molecular flexibility index (Phi) is 6.33. The number of hydrogen-bond donors (Lipinski definition) is 1. The maximum Gasteiger partial charge on any atom is 0.340 e. The third kappa shape index (κ3) is 4.80. The van der Waals surface area contributed by atoms with Crippen LogP contribution in [-0.4, -0.2) is 23.4 Å². The Morgan fingerprint density at radius 3 is 2.54 bits per heavy atom. The molecule has 0 fully saturated rings. The molecule has 0 aliphatic rings. The van der Waals surface area contributed by atoms with Crippen LogP contribution in [0.4, 0.5) is 11.4 Å². The molecule has 2 aromatic rings. The quantitative estimate of drug-likeness (QED) is 0.420. The van der Waals surface area contributed by atoms with Gasteiger partial charge in [-0.2, -0.15) is 0 Å². The van der Waals surface area contributed by atoms with Gasteiger partial charge in [0.15, 0.2) is 6.61 Å². The van der Waals surface area contributed by atoms with Gasteiger partial charge in [-0.3, -0.25) is 14.9 Å². The topological polar surface area (TPSA) is 98.5 Å². The van der Waals surface area contributed by atoms with Crippen molar-refractivity contribution >= 4 is 50.8 Å². The second kappa shape index (κ2) is 8.29. The fraction of sp³-hybridized carbons (Fsp3) is 0.176. The van der Waals surface area contributed by atoms with Crippen molar-refractivity contribution in [2.75, 3.05) is 11.9 Å². The van der Waals surface area contributed by atoms with Crippen LogP contribution in [0.5, 0.6) is 0 Å². The molecule has 0 bridgehead atoms. The normalized spacial score (nSPS) is 10.3. The van der Waals surface area contributed by atoms with Crippen molar-refractivity contribution in [2.24, 2.45) is 0 Å². The number of non-ortho nitro benzene ring substituents is 1. The first kappa shape index (κ1) is 19.9. The van der Waals surface area contributed by atoms with Gasteiger partial charge in [0.1, 0.15) is 0 Å². The van der Waals surface area contributed by atoms with Crippen molar-refractivity contribution < 1.29 is 19.2 Å². The van der Waals surface area contributed by atoms with Gasteiger partial charge in [-0.25, -0.2) is 4.79 Å². The van der Waals surface area contributed by atoms with Gasteiger partial charge >= 0.3 is 5.97 Å². The minimum atomic E-state index is -0.923. The van der Waals surface area contributed by atoms with E-state index in [1.807, 2.05) is 19.9 Å². The highest BCUT2D eigenvalue weighted by Gasteiger charge is 2.18. The van der Waals surface area contributed by atoms with Gasteiger partial charge in [-0.05, 0) is 59.1 Å². The van der Waals surface area contributed by atoms with E-state index in [-0.39, 0.29) is 16.3 Å². The molecule has 2 aromatic carbocycles. The molecule has 7 nitrogen and oxygen atoms in total. The molecule has 0 aliphatic heterocycles. The van der Waals surface area contributed by atoms with Crippen molar-refractivity contribution in [3.63, 3.8) is 0 Å². The van der Waals surface area contributed by atoms with E-state index in [9.17, 15) is 19.7 Å². The van der Waals surface area contributed by atoms with Crippen LogP contribution < -0.4 is 5.32 Å². The summed E-state index contributed by atoms with van der Waals surface area (Å²) in [5.41, 5.74) is 2.11. The van der Waals surface area contributed by atoms with Crippen LogP contribution in [0.2, 0.25) is 5.02 Å². The first-order valence-corrected chi connectivity index (χ1v) is 8.54. The van der Waals surface area contributed by atoms with Crippen LogP contribution in [0.25, 0.3) is 0 Å². The molecule has 1 N–H and O–H groups in total. The maximum atomic E-state index is 12.0. The van der Waals surface area contributed by atoms with Crippen LogP contribution in [0.3, 0.4) is 0 Å². The monoisotopic (exact) mass is 440 g/mol. The Balaban J connectivity index is 2.04. The van der Waals surface area contributed by atoms with Crippen LogP contribution >= 0.6 is 27.5 Å². The zero-order chi connectivity index (χ0) is 19.4. The largest absolute Gasteiger partial charge is 0.452 e. The number of rotatable bonds is 5. The summed E-state index contributed by atoms with van der Waals surface area (Å²) in [5.74, 6) is -1.48. The molecule has 1 amide bonds. The molecule has 2 rings (SSSR count). The van der Waals surface area contributed by atoms with Crippen LogP contribution in [-0.2, 0) is 9.53 Å². The van der Waals surface area contributed by atoms with Gasteiger partial charge < -0.3 is 10.1 Å². The Morgan fingerprint density at radius 2 is 1.88 bits per heavy atom. The lowest BCUT2D eigenvalue weighted by molar-refractivity contribution is -0.384. The number of carbonyl (C=O) groups excluding carboxylic acids is 2. The zero-order valence-corrected chi connectivity index (χ0v) is 16.2. The molecule has 0 spiro atoms. The molecular formula is C17H14BrClN2O5. The summed E-state index contributed by atoms with van der Waals surface area (Å²) in [4.78, 5) is 34.2. The number of amides is 1. The first-order valence-electron chi connectivity index (χ1n) is 7.36. The fourth-order valence-corrected chi connectivity index (χ4v) is 2.81. The van der Waals surface area contributed by atoms with E-state index in [1.165, 1.54) is 12.1 Å². The Labute approximate surface area is 162 Å². The highest BCUT2D eigenvalue weighted by molar-refractivity contribution is 9.10. The minimum absolute atomic E-state index is 0.00193. The van der Waals surface area contributed by atoms with Gasteiger partial charge in [-0.15, -0.1) is 0 Å².